The molecule has 2 atom stereocenters. The number of aliphatic hydroxyl groups is 1. The first-order chi connectivity index (χ1) is 14.7. The van der Waals surface area contributed by atoms with Gasteiger partial charge in [0.2, 0.25) is 5.91 Å². The molecular weight excluding hydrogens is 446 g/mol. The van der Waals surface area contributed by atoms with Gasteiger partial charge in [-0.2, -0.15) is 5.26 Å². The molecule has 9 nitrogen and oxygen atoms in total. The minimum atomic E-state index is -3.92. The summed E-state index contributed by atoms with van der Waals surface area (Å²) in [4.78, 5) is 26.6. The highest BCUT2D eigenvalue weighted by Gasteiger charge is 2.56. The van der Waals surface area contributed by atoms with E-state index in [2.05, 4.69) is 5.32 Å². The summed E-state index contributed by atoms with van der Waals surface area (Å²) in [6.45, 7) is -0.545. The average molecular weight is 468 g/mol. The number of halogens is 1. The zero-order valence-corrected chi connectivity index (χ0v) is 18.2. The van der Waals surface area contributed by atoms with Gasteiger partial charge in [0, 0.05) is 13.0 Å². The second-order valence-electron chi connectivity index (χ2n) is 8.41. The Kier molecular flexibility index (Phi) is 5.40. The van der Waals surface area contributed by atoms with Gasteiger partial charge in [0.05, 0.1) is 33.3 Å². The number of amides is 2. The van der Waals surface area contributed by atoms with Gasteiger partial charge in [-0.05, 0) is 37.8 Å². The van der Waals surface area contributed by atoms with Crippen LogP contribution in [0.5, 0.6) is 0 Å². The van der Waals surface area contributed by atoms with E-state index in [0.29, 0.717) is 25.7 Å². The zero-order valence-electron chi connectivity index (χ0n) is 16.6. The lowest BCUT2D eigenvalue weighted by molar-refractivity contribution is -0.145. The van der Waals surface area contributed by atoms with Gasteiger partial charge in [-0.15, -0.1) is 0 Å². The van der Waals surface area contributed by atoms with Crippen molar-refractivity contribution in [3.8, 4) is 6.07 Å². The first-order valence-corrected chi connectivity index (χ1v) is 11.9. The molecule has 2 saturated carbocycles. The smallest absolute Gasteiger partial charge is 0.410 e. The van der Waals surface area contributed by atoms with E-state index >= 15 is 0 Å². The fraction of sp³-hybridized carbons (Fsp3) is 0.550. The molecule has 2 N–H and O–H groups in total. The van der Waals surface area contributed by atoms with Gasteiger partial charge in [-0.25, -0.2) is 13.2 Å². The number of hydrogen-bond acceptors (Lipinski definition) is 7. The Morgan fingerprint density at radius 2 is 1.97 bits per heavy atom. The van der Waals surface area contributed by atoms with Crippen LogP contribution in [0.3, 0.4) is 0 Å². The van der Waals surface area contributed by atoms with Gasteiger partial charge in [0.15, 0.2) is 16.1 Å². The summed E-state index contributed by atoms with van der Waals surface area (Å²) in [5, 5.41) is 20.3. The molecule has 0 unspecified atom stereocenters. The maximum atomic E-state index is 13.2. The number of benzene rings is 1. The lowest BCUT2D eigenvalue weighted by Crippen LogP contribution is -2.46. The zero-order chi connectivity index (χ0) is 22.4. The third kappa shape index (κ3) is 3.97. The number of alkyl carbamates (subject to hydrolysis) is 1. The van der Waals surface area contributed by atoms with Crippen molar-refractivity contribution in [2.24, 2.45) is 5.41 Å². The maximum Gasteiger partial charge on any atom is 0.410 e. The summed E-state index contributed by atoms with van der Waals surface area (Å²) < 4.78 is 31.8. The number of ether oxygens (including phenoxy) is 1. The van der Waals surface area contributed by atoms with Crippen molar-refractivity contribution in [3.63, 3.8) is 0 Å². The standard InChI is InChI=1S/C20H22ClN3O6S/c21-14-3-1-2-4-15(14)31(28,29)13-9-16(30-18(27)23-20(11-22)7-8-20)24(10-13)17(26)19(12-25)5-6-19/h1-4,13,16,25H,5-10,12H2,(H,23,27)/t13-,16+/m1/s1. The topological polar surface area (TPSA) is 137 Å². The Morgan fingerprint density at radius 3 is 2.52 bits per heavy atom. The molecule has 1 aromatic rings. The van der Waals surface area contributed by atoms with Gasteiger partial charge < -0.3 is 20.1 Å². The summed E-state index contributed by atoms with van der Waals surface area (Å²) in [5.41, 5.74) is -1.91. The van der Waals surface area contributed by atoms with Crippen LogP contribution in [-0.2, 0) is 19.4 Å². The summed E-state index contributed by atoms with van der Waals surface area (Å²) in [6.07, 6.45) is -0.173. The molecule has 0 aromatic heterocycles. The van der Waals surface area contributed by atoms with Crippen LogP contribution in [0.1, 0.15) is 32.1 Å². The number of sulfone groups is 1. The number of nitriles is 1. The lowest BCUT2D eigenvalue weighted by Gasteiger charge is -2.28. The third-order valence-corrected chi connectivity index (χ3v) is 8.84. The molecule has 31 heavy (non-hydrogen) atoms. The summed E-state index contributed by atoms with van der Waals surface area (Å²) >= 11 is 6.09. The molecule has 2 amide bonds. The highest BCUT2D eigenvalue weighted by Crippen LogP contribution is 2.48. The molecule has 166 valence electrons. The van der Waals surface area contributed by atoms with Crippen molar-refractivity contribution < 1.29 is 27.9 Å². The minimum Gasteiger partial charge on any atom is -0.425 e. The Morgan fingerprint density at radius 1 is 1.29 bits per heavy atom. The second-order valence-corrected chi connectivity index (χ2v) is 11.0. The fourth-order valence-corrected chi connectivity index (χ4v) is 6.00. The monoisotopic (exact) mass is 467 g/mol. The van der Waals surface area contributed by atoms with E-state index in [1.165, 1.54) is 17.0 Å². The molecule has 1 aromatic carbocycles. The lowest BCUT2D eigenvalue weighted by atomic mass is 10.1. The van der Waals surface area contributed by atoms with Gasteiger partial charge >= 0.3 is 6.09 Å². The molecule has 11 heteroatoms. The van der Waals surface area contributed by atoms with Crippen LogP contribution in [0.4, 0.5) is 4.79 Å². The number of hydrogen-bond donors (Lipinski definition) is 2. The van der Waals surface area contributed by atoms with Crippen LogP contribution >= 0.6 is 11.6 Å². The van der Waals surface area contributed by atoms with Gasteiger partial charge in [0.25, 0.3) is 0 Å². The van der Waals surface area contributed by atoms with Crippen molar-refractivity contribution in [1.82, 2.24) is 10.2 Å². The minimum absolute atomic E-state index is 0.0520. The van der Waals surface area contributed by atoms with E-state index in [1.807, 2.05) is 6.07 Å². The van der Waals surface area contributed by atoms with Crippen molar-refractivity contribution >= 4 is 33.4 Å². The maximum absolute atomic E-state index is 13.2. The SMILES string of the molecule is N#CC1(NC(=O)O[C@H]2C[C@@H](S(=O)(=O)c3ccccc3Cl)CN2C(=O)C2(CO)CC2)CC1. The predicted octanol–water partition coefficient (Wildman–Crippen LogP) is 1.60. The number of nitrogens with zero attached hydrogens (tertiary/aromatic N) is 2. The fourth-order valence-electron chi connectivity index (χ4n) is 3.80. The van der Waals surface area contributed by atoms with E-state index in [-0.39, 0.29) is 29.5 Å². The van der Waals surface area contributed by atoms with Gasteiger partial charge in [-0.1, -0.05) is 23.7 Å². The van der Waals surface area contributed by atoms with E-state index in [1.54, 1.807) is 12.1 Å². The number of likely N-dealkylation sites (tertiary alicyclic amines) is 1. The third-order valence-electron chi connectivity index (χ3n) is 6.21. The van der Waals surface area contributed by atoms with E-state index < -0.39 is 44.3 Å². The molecule has 3 aliphatic rings. The van der Waals surface area contributed by atoms with Crippen LogP contribution in [0.15, 0.2) is 29.2 Å². The molecule has 0 radical (unpaired) electrons. The molecule has 0 spiro atoms. The predicted molar refractivity (Wildman–Crippen MR) is 108 cm³/mol. The molecule has 4 rings (SSSR count). The van der Waals surface area contributed by atoms with Crippen LogP contribution in [0.2, 0.25) is 5.02 Å². The van der Waals surface area contributed by atoms with Gasteiger partial charge in [0.1, 0.15) is 5.54 Å². The average Bonchev–Trinajstić information content (AvgIpc) is 3.65. The molecule has 1 saturated heterocycles. The molecule has 3 fully saturated rings. The van der Waals surface area contributed by atoms with Crippen molar-refractivity contribution in [2.45, 2.75) is 54.0 Å². The van der Waals surface area contributed by atoms with Crippen molar-refractivity contribution in [1.29, 1.82) is 5.26 Å². The molecule has 0 bridgehead atoms. The van der Waals surface area contributed by atoms with Crippen molar-refractivity contribution in [3.05, 3.63) is 29.3 Å². The Bertz CT molecular complexity index is 1060. The number of aliphatic hydroxyl groups excluding tert-OH is 1. The van der Waals surface area contributed by atoms with E-state index in [9.17, 15) is 23.1 Å². The van der Waals surface area contributed by atoms with Crippen LogP contribution in [0, 0.1) is 16.7 Å². The Balaban J connectivity index is 1.57. The first kappa shape index (κ1) is 21.9. The molecule has 1 heterocycles. The number of carbonyl (C=O) groups excluding carboxylic acids is 2. The largest absolute Gasteiger partial charge is 0.425 e. The highest BCUT2D eigenvalue weighted by molar-refractivity contribution is 7.92. The summed E-state index contributed by atoms with van der Waals surface area (Å²) in [6, 6.07) is 8.04. The van der Waals surface area contributed by atoms with Crippen LogP contribution < -0.4 is 5.32 Å². The second kappa shape index (κ2) is 7.65. The van der Waals surface area contributed by atoms with Crippen LogP contribution in [-0.4, -0.2) is 60.6 Å². The summed E-state index contributed by atoms with van der Waals surface area (Å²) in [7, 11) is -3.92. The quantitative estimate of drug-likeness (QED) is 0.648. The number of carbonyl (C=O) groups is 2. The number of nitrogens with one attached hydrogen (secondary N) is 1. The van der Waals surface area contributed by atoms with E-state index in [0.717, 1.165) is 0 Å². The molecule has 1 aliphatic heterocycles. The van der Waals surface area contributed by atoms with Crippen molar-refractivity contribution in [2.75, 3.05) is 13.2 Å². The summed E-state index contributed by atoms with van der Waals surface area (Å²) in [5.74, 6) is -0.439. The van der Waals surface area contributed by atoms with Crippen LogP contribution in [0.25, 0.3) is 0 Å². The first-order valence-electron chi connectivity index (χ1n) is 9.97. The number of rotatable bonds is 6. The molecule has 2 aliphatic carbocycles. The Hall–Kier alpha value is -2.35. The van der Waals surface area contributed by atoms with Gasteiger partial charge in [-0.3, -0.25) is 4.79 Å². The highest BCUT2D eigenvalue weighted by atomic mass is 35.5. The van der Waals surface area contributed by atoms with E-state index in [4.69, 9.17) is 21.6 Å². The molecular formula is C20H22ClN3O6S. The normalized spacial score (nSPS) is 25.4. The Labute approximate surface area is 184 Å².